The van der Waals surface area contributed by atoms with E-state index in [1.54, 1.807) is 12.4 Å². The highest BCUT2D eigenvalue weighted by molar-refractivity contribution is 7.13. The summed E-state index contributed by atoms with van der Waals surface area (Å²) >= 11 is 1.33. The maximum absolute atomic E-state index is 13.4. The molecule has 0 amide bonds. The van der Waals surface area contributed by atoms with E-state index in [1.165, 1.54) is 23.5 Å². The van der Waals surface area contributed by atoms with Crippen molar-refractivity contribution in [2.24, 2.45) is 0 Å². The highest BCUT2D eigenvalue weighted by Gasteiger charge is 2.12. The number of benzene rings is 1. The van der Waals surface area contributed by atoms with Crippen molar-refractivity contribution in [3.63, 3.8) is 0 Å². The van der Waals surface area contributed by atoms with Crippen LogP contribution in [0.5, 0.6) is 0 Å². The van der Waals surface area contributed by atoms with Crippen LogP contribution in [0.4, 0.5) is 13.9 Å². The number of aromatic nitrogens is 2. The lowest BCUT2D eigenvalue weighted by atomic mass is 10.1. The van der Waals surface area contributed by atoms with Gasteiger partial charge in [-0.15, -0.1) is 10.2 Å². The Morgan fingerprint density at radius 1 is 1.38 bits per heavy atom. The van der Waals surface area contributed by atoms with E-state index in [0.717, 1.165) is 6.07 Å². The van der Waals surface area contributed by atoms with Crippen LogP contribution in [0.1, 0.15) is 18.5 Å². The number of hydrogen-bond donors (Lipinski definition) is 1. The minimum Gasteiger partial charge on any atom is -0.353 e. The van der Waals surface area contributed by atoms with Gasteiger partial charge in [-0.1, -0.05) is 17.4 Å². The van der Waals surface area contributed by atoms with Gasteiger partial charge < -0.3 is 5.32 Å². The summed E-state index contributed by atoms with van der Waals surface area (Å²) < 4.78 is 26.1. The van der Waals surface area contributed by atoms with Gasteiger partial charge in [0.1, 0.15) is 17.1 Å². The second kappa shape index (κ2) is 4.52. The lowest BCUT2D eigenvalue weighted by molar-refractivity contribution is 0.566. The maximum atomic E-state index is 13.4. The first-order valence-electron chi connectivity index (χ1n) is 4.64. The molecule has 16 heavy (non-hydrogen) atoms. The minimum absolute atomic E-state index is 0.284. The van der Waals surface area contributed by atoms with E-state index in [4.69, 9.17) is 0 Å². The first-order chi connectivity index (χ1) is 7.66. The van der Waals surface area contributed by atoms with E-state index in [0.29, 0.717) is 10.7 Å². The molecule has 0 saturated heterocycles. The quantitative estimate of drug-likeness (QED) is 0.897. The average Bonchev–Trinajstić information content (AvgIpc) is 2.70. The lowest BCUT2D eigenvalue weighted by Crippen LogP contribution is -2.08. The van der Waals surface area contributed by atoms with Crippen molar-refractivity contribution < 1.29 is 8.78 Å². The van der Waals surface area contributed by atoms with Crippen LogP contribution in [0.2, 0.25) is 0 Å². The van der Waals surface area contributed by atoms with Gasteiger partial charge >= 0.3 is 0 Å². The summed E-state index contributed by atoms with van der Waals surface area (Å²) in [5.41, 5.74) is 1.98. The predicted octanol–water partition coefficient (Wildman–Crippen LogP) is 2.99. The van der Waals surface area contributed by atoms with Crippen molar-refractivity contribution in [1.82, 2.24) is 10.2 Å². The van der Waals surface area contributed by atoms with Crippen molar-refractivity contribution in [3.8, 4) is 0 Å². The molecule has 0 fully saturated rings. The minimum atomic E-state index is -0.579. The topological polar surface area (TPSA) is 37.8 Å². The fraction of sp³-hybridized carbons (Fsp3) is 0.200. The molecule has 2 aromatic rings. The SMILES string of the molecule is CC(Nc1nncs1)c1ccc(F)cc1F. The van der Waals surface area contributed by atoms with Gasteiger partial charge in [0.2, 0.25) is 5.13 Å². The van der Waals surface area contributed by atoms with Crippen LogP contribution in [0.15, 0.2) is 23.7 Å². The highest BCUT2D eigenvalue weighted by atomic mass is 32.1. The molecule has 1 aromatic heterocycles. The van der Waals surface area contributed by atoms with E-state index < -0.39 is 11.6 Å². The summed E-state index contributed by atoms with van der Waals surface area (Å²) in [7, 11) is 0. The largest absolute Gasteiger partial charge is 0.353 e. The van der Waals surface area contributed by atoms with E-state index in [-0.39, 0.29) is 6.04 Å². The van der Waals surface area contributed by atoms with Crippen molar-refractivity contribution in [3.05, 3.63) is 40.9 Å². The van der Waals surface area contributed by atoms with Gasteiger partial charge in [-0.3, -0.25) is 0 Å². The number of nitrogens with one attached hydrogen (secondary N) is 1. The number of nitrogens with zero attached hydrogens (tertiary/aromatic N) is 2. The Balaban J connectivity index is 2.17. The Morgan fingerprint density at radius 3 is 2.81 bits per heavy atom. The molecule has 0 radical (unpaired) electrons. The Hall–Kier alpha value is -1.56. The average molecular weight is 241 g/mol. The normalized spacial score (nSPS) is 12.4. The molecule has 1 heterocycles. The van der Waals surface area contributed by atoms with Crippen LogP contribution in [-0.2, 0) is 0 Å². The van der Waals surface area contributed by atoms with Crippen LogP contribution >= 0.6 is 11.3 Å². The van der Waals surface area contributed by atoms with Crippen molar-refractivity contribution in [1.29, 1.82) is 0 Å². The summed E-state index contributed by atoms with van der Waals surface area (Å²) in [6.07, 6.45) is 0. The molecule has 84 valence electrons. The van der Waals surface area contributed by atoms with Gasteiger partial charge in [-0.2, -0.15) is 0 Å². The third-order valence-electron chi connectivity index (χ3n) is 2.13. The van der Waals surface area contributed by atoms with Crippen LogP contribution < -0.4 is 5.32 Å². The standard InChI is InChI=1S/C10H9F2N3S/c1-6(14-10-15-13-5-16-10)8-3-2-7(11)4-9(8)12/h2-6H,1H3,(H,14,15). The molecular weight excluding hydrogens is 232 g/mol. The smallest absolute Gasteiger partial charge is 0.205 e. The molecule has 0 aliphatic heterocycles. The van der Waals surface area contributed by atoms with Crippen LogP contribution in [-0.4, -0.2) is 10.2 Å². The Bertz CT molecular complexity index is 473. The molecule has 1 aromatic carbocycles. The molecule has 0 aliphatic carbocycles. The number of rotatable bonds is 3. The molecule has 0 spiro atoms. The Morgan fingerprint density at radius 2 is 2.19 bits per heavy atom. The molecule has 2 rings (SSSR count). The maximum Gasteiger partial charge on any atom is 0.205 e. The van der Waals surface area contributed by atoms with Crippen molar-refractivity contribution in [2.45, 2.75) is 13.0 Å². The van der Waals surface area contributed by atoms with Crippen molar-refractivity contribution >= 4 is 16.5 Å². The second-order valence-corrected chi connectivity index (χ2v) is 4.11. The third-order valence-corrected chi connectivity index (χ3v) is 2.75. The predicted molar refractivity (Wildman–Crippen MR) is 58.3 cm³/mol. The first kappa shape index (κ1) is 10.9. The van der Waals surface area contributed by atoms with Gasteiger partial charge in [-0.05, 0) is 13.0 Å². The van der Waals surface area contributed by atoms with Crippen LogP contribution in [0, 0.1) is 11.6 Å². The van der Waals surface area contributed by atoms with Gasteiger partial charge in [0.05, 0.1) is 6.04 Å². The summed E-state index contributed by atoms with van der Waals surface area (Å²) in [5.74, 6) is -1.14. The number of anilines is 1. The monoisotopic (exact) mass is 241 g/mol. The molecule has 6 heteroatoms. The molecule has 0 bridgehead atoms. The fourth-order valence-electron chi connectivity index (χ4n) is 1.35. The summed E-state index contributed by atoms with van der Waals surface area (Å²) in [6, 6.07) is 3.24. The first-order valence-corrected chi connectivity index (χ1v) is 5.52. The summed E-state index contributed by atoms with van der Waals surface area (Å²) in [6.45, 7) is 1.78. The lowest BCUT2D eigenvalue weighted by Gasteiger charge is -2.13. The fourth-order valence-corrected chi connectivity index (χ4v) is 1.88. The molecular formula is C10H9F2N3S. The molecule has 1 unspecified atom stereocenters. The molecule has 3 nitrogen and oxygen atoms in total. The second-order valence-electron chi connectivity index (χ2n) is 3.28. The molecule has 1 N–H and O–H groups in total. The van der Waals surface area contributed by atoms with Gasteiger partial charge in [0, 0.05) is 11.6 Å². The highest BCUT2D eigenvalue weighted by Crippen LogP contribution is 2.22. The molecule has 1 atom stereocenters. The van der Waals surface area contributed by atoms with Gasteiger partial charge in [-0.25, -0.2) is 8.78 Å². The molecule has 0 saturated carbocycles. The zero-order chi connectivity index (χ0) is 11.5. The Kier molecular flexibility index (Phi) is 3.09. The zero-order valence-electron chi connectivity index (χ0n) is 8.45. The van der Waals surface area contributed by atoms with Gasteiger partial charge in [0.25, 0.3) is 0 Å². The van der Waals surface area contributed by atoms with Crippen LogP contribution in [0.25, 0.3) is 0 Å². The third kappa shape index (κ3) is 2.33. The zero-order valence-corrected chi connectivity index (χ0v) is 9.26. The number of halogens is 2. The summed E-state index contributed by atoms with van der Waals surface area (Å²) in [4.78, 5) is 0. The van der Waals surface area contributed by atoms with E-state index in [1.807, 2.05) is 0 Å². The van der Waals surface area contributed by atoms with Gasteiger partial charge in [0.15, 0.2) is 0 Å². The van der Waals surface area contributed by atoms with Crippen LogP contribution in [0.3, 0.4) is 0 Å². The molecule has 0 aliphatic rings. The Labute approximate surface area is 95.1 Å². The van der Waals surface area contributed by atoms with E-state index in [2.05, 4.69) is 15.5 Å². The van der Waals surface area contributed by atoms with E-state index >= 15 is 0 Å². The van der Waals surface area contributed by atoms with E-state index in [9.17, 15) is 8.78 Å². The summed E-state index contributed by atoms with van der Waals surface area (Å²) in [5, 5.41) is 11.0. The number of hydrogen-bond acceptors (Lipinski definition) is 4. The van der Waals surface area contributed by atoms with Crippen molar-refractivity contribution in [2.75, 3.05) is 5.32 Å².